The van der Waals surface area contributed by atoms with E-state index in [9.17, 15) is 9.59 Å². The minimum atomic E-state index is -0.495. The number of hydrogen-bond donors (Lipinski definition) is 2. The van der Waals surface area contributed by atoms with Gasteiger partial charge in [-0.25, -0.2) is 4.79 Å². The number of amides is 1. The summed E-state index contributed by atoms with van der Waals surface area (Å²) >= 11 is 0. The molecule has 21 heavy (non-hydrogen) atoms. The van der Waals surface area contributed by atoms with Crippen molar-refractivity contribution >= 4 is 22.8 Å². The molecule has 1 aromatic heterocycles. The Bertz CT molecular complexity index is 633. The lowest BCUT2D eigenvalue weighted by molar-refractivity contribution is -0.124. The second-order valence-corrected chi connectivity index (χ2v) is 5.08. The number of benzene rings is 1. The normalized spacial score (nSPS) is 12.1. The quantitative estimate of drug-likeness (QED) is 0.803. The molecule has 2 rings (SSSR count). The topological polar surface area (TPSA) is 71.2 Å². The zero-order chi connectivity index (χ0) is 15.2. The maximum Gasteiger partial charge on any atom is 0.340 e. The van der Waals surface area contributed by atoms with E-state index in [0.29, 0.717) is 5.56 Å². The first-order valence-corrected chi connectivity index (χ1v) is 7.14. The van der Waals surface area contributed by atoms with Crippen LogP contribution in [0, 0.1) is 0 Å². The fraction of sp³-hybridized carbons (Fsp3) is 0.375. The highest BCUT2D eigenvalue weighted by molar-refractivity contribution is 6.04. The van der Waals surface area contributed by atoms with Crippen molar-refractivity contribution in [2.45, 2.75) is 32.7 Å². The lowest BCUT2D eigenvalue weighted by atomic mass is 10.2. The molecule has 5 nitrogen and oxygen atoms in total. The summed E-state index contributed by atoms with van der Waals surface area (Å²) in [7, 11) is 0. The van der Waals surface area contributed by atoms with Crippen molar-refractivity contribution in [3.63, 3.8) is 0 Å². The van der Waals surface area contributed by atoms with E-state index >= 15 is 0 Å². The summed E-state index contributed by atoms with van der Waals surface area (Å²) in [4.78, 5) is 26.7. The van der Waals surface area contributed by atoms with Gasteiger partial charge in [0.2, 0.25) is 0 Å². The Balaban J connectivity index is 1.91. The first-order valence-electron chi connectivity index (χ1n) is 7.14. The predicted molar refractivity (Wildman–Crippen MR) is 81.1 cm³/mol. The van der Waals surface area contributed by atoms with Crippen molar-refractivity contribution < 1.29 is 14.3 Å². The number of fused-ring (bicyclic) bond motifs is 1. The van der Waals surface area contributed by atoms with E-state index in [1.165, 1.54) is 0 Å². The van der Waals surface area contributed by atoms with Gasteiger partial charge < -0.3 is 15.0 Å². The van der Waals surface area contributed by atoms with Gasteiger partial charge >= 0.3 is 5.97 Å². The average Bonchev–Trinajstić information content (AvgIpc) is 2.89. The van der Waals surface area contributed by atoms with Crippen molar-refractivity contribution in [3.05, 3.63) is 36.0 Å². The highest BCUT2D eigenvalue weighted by atomic mass is 16.5. The van der Waals surface area contributed by atoms with Crippen molar-refractivity contribution in [1.29, 1.82) is 0 Å². The smallest absolute Gasteiger partial charge is 0.340 e. The molecule has 0 fully saturated rings. The standard InChI is InChI=1S/C16H20N2O3/c1-3-6-11(2)18-15(19)10-21-16(20)13-9-17-14-8-5-4-7-12(13)14/h4-5,7-9,11,17H,3,6,10H2,1-2H3,(H,18,19)/t11-/m0/s1. The van der Waals surface area contributed by atoms with E-state index in [0.717, 1.165) is 23.7 Å². The number of para-hydroxylation sites is 1. The minimum Gasteiger partial charge on any atom is -0.452 e. The van der Waals surface area contributed by atoms with Crippen LogP contribution >= 0.6 is 0 Å². The molecule has 1 amide bonds. The molecule has 0 aliphatic rings. The van der Waals surface area contributed by atoms with Gasteiger partial charge in [0.25, 0.3) is 5.91 Å². The third kappa shape index (κ3) is 3.84. The van der Waals surface area contributed by atoms with E-state index < -0.39 is 5.97 Å². The van der Waals surface area contributed by atoms with Crippen LogP contribution in [-0.4, -0.2) is 29.5 Å². The van der Waals surface area contributed by atoms with Crippen LogP contribution < -0.4 is 5.32 Å². The molecule has 2 N–H and O–H groups in total. The van der Waals surface area contributed by atoms with Crippen molar-refractivity contribution in [2.75, 3.05) is 6.61 Å². The molecule has 1 atom stereocenters. The molecule has 1 aromatic carbocycles. The Morgan fingerprint density at radius 2 is 2.10 bits per heavy atom. The van der Waals surface area contributed by atoms with Crippen molar-refractivity contribution in [1.82, 2.24) is 10.3 Å². The summed E-state index contributed by atoms with van der Waals surface area (Å²) in [5.74, 6) is -0.769. The zero-order valence-electron chi connectivity index (χ0n) is 12.3. The SMILES string of the molecule is CCC[C@H](C)NC(=O)COC(=O)c1c[nH]c2ccccc12. The molecular weight excluding hydrogens is 268 g/mol. The van der Waals surface area contributed by atoms with Crippen LogP contribution in [0.4, 0.5) is 0 Å². The fourth-order valence-electron chi connectivity index (χ4n) is 2.27. The van der Waals surface area contributed by atoms with Gasteiger partial charge in [0.15, 0.2) is 6.61 Å². The van der Waals surface area contributed by atoms with Gasteiger partial charge in [-0.15, -0.1) is 0 Å². The Hall–Kier alpha value is -2.30. The number of carbonyl (C=O) groups excluding carboxylic acids is 2. The molecule has 112 valence electrons. The Kier molecular flexibility index (Phi) is 4.98. The molecule has 0 aliphatic carbocycles. The number of aromatic nitrogens is 1. The lowest BCUT2D eigenvalue weighted by Gasteiger charge is -2.12. The van der Waals surface area contributed by atoms with Crippen LogP contribution in [0.15, 0.2) is 30.5 Å². The second kappa shape index (κ2) is 6.92. The number of esters is 1. The van der Waals surface area contributed by atoms with Gasteiger partial charge in [-0.3, -0.25) is 4.79 Å². The first-order chi connectivity index (χ1) is 10.1. The van der Waals surface area contributed by atoms with Gasteiger partial charge in [0.1, 0.15) is 0 Å². The summed E-state index contributed by atoms with van der Waals surface area (Å²) in [5.41, 5.74) is 1.31. The van der Waals surface area contributed by atoms with Crippen LogP contribution in [0.2, 0.25) is 0 Å². The highest BCUT2D eigenvalue weighted by Crippen LogP contribution is 2.18. The number of rotatable bonds is 6. The van der Waals surface area contributed by atoms with Crippen LogP contribution in [0.25, 0.3) is 10.9 Å². The van der Waals surface area contributed by atoms with Crippen LogP contribution in [0.3, 0.4) is 0 Å². The molecule has 0 unspecified atom stereocenters. The molecule has 0 aliphatic heterocycles. The van der Waals surface area contributed by atoms with E-state index in [-0.39, 0.29) is 18.6 Å². The average molecular weight is 288 g/mol. The van der Waals surface area contributed by atoms with Crippen LogP contribution in [-0.2, 0) is 9.53 Å². The van der Waals surface area contributed by atoms with E-state index in [4.69, 9.17) is 4.74 Å². The third-order valence-corrected chi connectivity index (χ3v) is 3.27. The molecule has 5 heteroatoms. The molecular formula is C16H20N2O3. The number of H-pyrrole nitrogens is 1. The van der Waals surface area contributed by atoms with Gasteiger partial charge in [-0.2, -0.15) is 0 Å². The number of hydrogen-bond acceptors (Lipinski definition) is 3. The summed E-state index contributed by atoms with van der Waals surface area (Å²) in [5, 5.41) is 3.59. The van der Waals surface area contributed by atoms with Crippen LogP contribution in [0.5, 0.6) is 0 Å². The Morgan fingerprint density at radius 1 is 1.33 bits per heavy atom. The molecule has 0 spiro atoms. The number of carbonyl (C=O) groups is 2. The number of ether oxygens (including phenoxy) is 1. The molecule has 0 saturated carbocycles. The fourth-order valence-corrected chi connectivity index (χ4v) is 2.27. The Morgan fingerprint density at radius 3 is 2.86 bits per heavy atom. The van der Waals surface area contributed by atoms with E-state index in [2.05, 4.69) is 17.2 Å². The lowest BCUT2D eigenvalue weighted by Crippen LogP contribution is -2.35. The first kappa shape index (κ1) is 15.1. The van der Waals surface area contributed by atoms with Gasteiger partial charge in [0, 0.05) is 23.1 Å². The van der Waals surface area contributed by atoms with Crippen molar-refractivity contribution in [3.8, 4) is 0 Å². The maximum atomic E-state index is 12.0. The van der Waals surface area contributed by atoms with Gasteiger partial charge in [0.05, 0.1) is 5.56 Å². The highest BCUT2D eigenvalue weighted by Gasteiger charge is 2.15. The predicted octanol–water partition coefficient (Wildman–Crippen LogP) is 2.63. The molecule has 2 aromatic rings. The minimum absolute atomic E-state index is 0.0919. The number of aromatic amines is 1. The third-order valence-electron chi connectivity index (χ3n) is 3.27. The van der Waals surface area contributed by atoms with Crippen molar-refractivity contribution in [2.24, 2.45) is 0 Å². The zero-order valence-corrected chi connectivity index (χ0v) is 12.3. The molecule has 0 saturated heterocycles. The van der Waals surface area contributed by atoms with Gasteiger partial charge in [-0.1, -0.05) is 31.5 Å². The molecule has 1 heterocycles. The number of nitrogens with one attached hydrogen (secondary N) is 2. The van der Waals surface area contributed by atoms with E-state index in [1.807, 2.05) is 31.2 Å². The Labute approximate surface area is 123 Å². The monoisotopic (exact) mass is 288 g/mol. The molecule has 0 bridgehead atoms. The largest absolute Gasteiger partial charge is 0.452 e. The van der Waals surface area contributed by atoms with Gasteiger partial charge in [-0.05, 0) is 19.4 Å². The second-order valence-electron chi connectivity index (χ2n) is 5.08. The summed E-state index contributed by atoms with van der Waals surface area (Å²) < 4.78 is 5.06. The maximum absolute atomic E-state index is 12.0. The summed E-state index contributed by atoms with van der Waals surface area (Å²) in [6, 6.07) is 7.55. The summed E-state index contributed by atoms with van der Waals surface area (Å²) in [6.45, 7) is 3.73. The molecule has 0 radical (unpaired) electrons. The summed E-state index contributed by atoms with van der Waals surface area (Å²) in [6.07, 6.45) is 3.50. The van der Waals surface area contributed by atoms with E-state index in [1.54, 1.807) is 6.20 Å². The van der Waals surface area contributed by atoms with Crippen LogP contribution in [0.1, 0.15) is 37.0 Å².